The number of hydrogen-bond donors (Lipinski definition) is 1. The zero-order valence-electron chi connectivity index (χ0n) is 7.44. The van der Waals surface area contributed by atoms with Crippen molar-refractivity contribution in [3.05, 3.63) is 0 Å². The van der Waals surface area contributed by atoms with E-state index < -0.39 is 0 Å². The Morgan fingerprint density at radius 3 is 3.15 bits per heavy atom. The third kappa shape index (κ3) is 1.49. The molecule has 0 aromatic rings. The van der Waals surface area contributed by atoms with E-state index in [-0.39, 0.29) is 18.2 Å². The van der Waals surface area contributed by atoms with E-state index in [2.05, 4.69) is 0 Å². The summed E-state index contributed by atoms with van der Waals surface area (Å²) in [5.74, 6) is 0. The van der Waals surface area contributed by atoms with Crippen LogP contribution in [-0.4, -0.2) is 49.4 Å². The molecule has 2 rings (SSSR count). The Labute approximate surface area is 76.8 Å². The highest BCUT2D eigenvalue weighted by molar-refractivity contribution is 5.70. The first-order valence-electron chi connectivity index (χ1n) is 4.58. The zero-order chi connectivity index (χ0) is 9.26. The van der Waals surface area contributed by atoms with Gasteiger partial charge in [0.1, 0.15) is 6.10 Å². The van der Waals surface area contributed by atoms with E-state index in [0.29, 0.717) is 26.3 Å². The Morgan fingerprint density at radius 1 is 1.54 bits per heavy atom. The molecule has 1 amide bonds. The smallest absolute Gasteiger partial charge is 0.410 e. The van der Waals surface area contributed by atoms with Gasteiger partial charge in [-0.3, -0.25) is 4.90 Å². The van der Waals surface area contributed by atoms with Crippen LogP contribution in [0.3, 0.4) is 0 Å². The van der Waals surface area contributed by atoms with Gasteiger partial charge < -0.3 is 15.2 Å². The molecule has 0 radical (unpaired) electrons. The minimum Gasteiger partial charge on any atom is -0.441 e. The number of rotatable bonds is 3. The fraction of sp³-hybridized carbons (Fsp3) is 0.875. The van der Waals surface area contributed by atoms with Gasteiger partial charge in [-0.25, -0.2) is 4.79 Å². The molecule has 0 aromatic heterocycles. The van der Waals surface area contributed by atoms with Crippen molar-refractivity contribution in [3.8, 4) is 0 Å². The quantitative estimate of drug-likeness (QED) is 0.648. The molecule has 74 valence electrons. The number of ether oxygens (including phenoxy) is 2. The van der Waals surface area contributed by atoms with E-state index in [4.69, 9.17) is 15.2 Å². The fourth-order valence-electron chi connectivity index (χ4n) is 1.78. The van der Waals surface area contributed by atoms with Gasteiger partial charge in [-0.1, -0.05) is 0 Å². The lowest BCUT2D eigenvalue weighted by atomic mass is 10.2. The molecule has 2 aliphatic rings. The Hall–Kier alpha value is -0.810. The summed E-state index contributed by atoms with van der Waals surface area (Å²) in [6, 6.07) is 0.124. The summed E-state index contributed by atoms with van der Waals surface area (Å²) >= 11 is 0. The van der Waals surface area contributed by atoms with Crippen molar-refractivity contribution in [1.82, 2.24) is 4.90 Å². The standard InChI is InChI=1S/C8H14N2O3/c9-2-1-3-10-6-4-12-5-7(6)13-8(10)11/h6-7H,1-5,9H2/t6-,7+/m1/s1. The summed E-state index contributed by atoms with van der Waals surface area (Å²) < 4.78 is 10.3. The van der Waals surface area contributed by atoms with E-state index in [0.717, 1.165) is 6.42 Å². The van der Waals surface area contributed by atoms with Crippen LogP contribution in [0.2, 0.25) is 0 Å². The minimum atomic E-state index is -0.216. The number of nitrogens with two attached hydrogens (primary N) is 1. The average molecular weight is 186 g/mol. The van der Waals surface area contributed by atoms with Gasteiger partial charge in [0.15, 0.2) is 0 Å². The van der Waals surface area contributed by atoms with Crippen molar-refractivity contribution in [2.24, 2.45) is 5.73 Å². The van der Waals surface area contributed by atoms with Gasteiger partial charge >= 0.3 is 6.09 Å². The molecule has 2 atom stereocenters. The predicted molar refractivity (Wildman–Crippen MR) is 45.3 cm³/mol. The summed E-state index contributed by atoms with van der Waals surface area (Å²) in [5, 5.41) is 0. The lowest BCUT2D eigenvalue weighted by Crippen LogP contribution is -2.37. The maximum atomic E-state index is 11.3. The van der Waals surface area contributed by atoms with Crippen LogP contribution in [-0.2, 0) is 9.47 Å². The van der Waals surface area contributed by atoms with Crippen LogP contribution in [0.5, 0.6) is 0 Å². The van der Waals surface area contributed by atoms with E-state index in [9.17, 15) is 4.79 Å². The van der Waals surface area contributed by atoms with Crippen LogP contribution in [0.15, 0.2) is 0 Å². The number of carbonyl (C=O) groups is 1. The maximum Gasteiger partial charge on any atom is 0.410 e. The van der Waals surface area contributed by atoms with Gasteiger partial charge in [0.25, 0.3) is 0 Å². The number of nitrogens with zero attached hydrogens (tertiary/aromatic N) is 1. The van der Waals surface area contributed by atoms with Crippen molar-refractivity contribution < 1.29 is 14.3 Å². The van der Waals surface area contributed by atoms with Gasteiger partial charge in [-0.15, -0.1) is 0 Å². The molecule has 2 heterocycles. The largest absolute Gasteiger partial charge is 0.441 e. The highest BCUT2D eigenvalue weighted by Gasteiger charge is 2.44. The molecule has 0 unspecified atom stereocenters. The molecular formula is C8H14N2O3. The molecule has 2 fully saturated rings. The molecule has 0 bridgehead atoms. The van der Waals surface area contributed by atoms with E-state index in [1.165, 1.54) is 0 Å². The highest BCUT2D eigenvalue weighted by atomic mass is 16.6. The molecular weight excluding hydrogens is 172 g/mol. The first-order chi connectivity index (χ1) is 6.33. The normalized spacial score (nSPS) is 32.1. The lowest BCUT2D eigenvalue weighted by molar-refractivity contribution is 0.0883. The Kier molecular flexibility index (Phi) is 2.37. The molecule has 2 saturated heterocycles. The van der Waals surface area contributed by atoms with E-state index in [1.807, 2.05) is 0 Å². The lowest BCUT2D eigenvalue weighted by Gasteiger charge is -2.18. The molecule has 0 aromatic carbocycles. The van der Waals surface area contributed by atoms with Crippen LogP contribution in [0.4, 0.5) is 4.79 Å². The maximum absolute atomic E-state index is 11.3. The van der Waals surface area contributed by atoms with Crippen molar-refractivity contribution in [2.75, 3.05) is 26.3 Å². The second kappa shape index (κ2) is 3.51. The number of amides is 1. The number of hydrogen-bond acceptors (Lipinski definition) is 4. The Morgan fingerprint density at radius 2 is 2.38 bits per heavy atom. The average Bonchev–Trinajstić information content (AvgIpc) is 2.62. The van der Waals surface area contributed by atoms with Gasteiger partial charge in [-0.05, 0) is 13.0 Å². The van der Waals surface area contributed by atoms with Crippen LogP contribution >= 0.6 is 0 Å². The van der Waals surface area contributed by atoms with Crippen LogP contribution in [0.25, 0.3) is 0 Å². The second-order valence-electron chi connectivity index (χ2n) is 3.36. The monoisotopic (exact) mass is 186 g/mol. The topological polar surface area (TPSA) is 64.8 Å². The third-order valence-corrected chi connectivity index (χ3v) is 2.49. The van der Waals surface area contributed by atoms with Crippen LogP contribution < -0.4 is 5.73 Å². The Bertz CT molecular complexity index is 210. The molecule has 0 spiro atoms. The third-order valence-electron chi connectivity index (χ3n) is 2.49. The zero-order valence-corrected chi connectivity index (χ0v) is 7.44. The Balaban J connectivity index is 1.96. The second-order valence-corrected chi connectivity index (χ2v) is 3.36. The molecule has 0 aliphatic carbocycles. The van der Waals surface area contributed by atoms with E-state index >= 15 is 0 Å². The summed E-state index contributed by atoms with van der Waals surface area (Å²) in [6.07, 6.45) is 0.551. The molecule has 0 saturated carbocycles. The first-order valence-corrected chi connectivity index (χ1v) is 4.58. The minimum absolute atomic E-state index is 0.0507. The molecule has 5 nitrogen and oxygen atoms in total. The van der Waals surface area contributed by atoms with Gasteiger partial charge in [0, 0.05) is 6.54 Å². The van der Waals surface area contributed by atoms with Crippen molar-refractivity contribution in [1.29, 1.82) is 0 Å². The summed E-state index contributed by atoms with van der Waals surface area (Å²) in [7, 11) is 0. The molecule has 13 heavy (non-hydrogen) atoms. The highest BCUT2D eigenvalue weighted by Crippen LogP contribution is 2.24. The van der Waals surface area contributed by atoms with Gasteiger partial charge in [-0.2, -0.15) is 0 Å². The number of fused-ring (bicyclic) bond motifs is 1. The number of carbonyl (C=O) groups excluding carboxylic acids is 1. The summed E-state index contributed by atoms with van der Waals surface area (Å²) in [5.41, 5.74) is 5.38. The predicted octanol–water partition coefficient (Wildman–Crippen LogP) is -0.445. The van der Waals surface area contributed by atoms with Crippen LogP contribution in [0, 0.1) is 0 Å². The van der Waals surface area contributed by atoms with Crippen molar-refractivity contribution >= 4 is 6.09 Å². The van der Waals surface area contributed by atoms with Crippen molar-refractivity contribution in [3.63, 3.8) is 0 Å². The molecule has 5 heteroatoms. The summed E-state index contributed by atoms with van der Waals surface area (Å²) in [6.45, 7) is 2.42. The fourth-order valence-corrected chi connectivity index (χ4v) is 1.78. The van der Waals surface area contributed by atoms with Crippen LogP contribution in [0.1, 0.15) is 6.42 Å². The SMILES string of the molecule is NCCCN1C(=O)O[C@H]2COC[C@H]21. The summed E-state index contributed by atoms with van der Waals surface area (Å²) in [4.78, 5) is 13.0. The van der Waals surface area contributed by atoms with Gasteiger partial charge in [0.2, 0.25) is 0 Å². The molecule has 2 aliphatic heterocycles. The van der Waals surface area contributed by atoms with Gasteiger partial charge in [0.05, 0.1) is 19.3 Å². The van der Waals surface area contributed by atoms with Crippen molar-refractivity contribution in [2.45, 2.75) is 18.6 Å². The first kappa shape index (κ1) is 8.77. The molecule has 2 N–H and O–H groups in total. The van der Waals surface area contributed by atoms with E-state index in [1.54, 1.807) is 4.90 Å².